The maximum Gasteiger partial charge on any atom is 0.338 e. The fourth-order valence-corrected chi connectivity index (χ4v) is 5.95. The summed E-state index contributed by atoms with van der Waals surface area (Å²) in [5, 5.41) is 4.60. The Morgan fingerprint density at radius 1 is 1.10 bits per heavy atom. The first-order valence-electron chi connectivity index (χ1n) is 11.0. The summed E-state index contributed by atoms with van der Waals surface area (Å²) in [5.41, 5.74) is 2.91. The fraction of sp³-hybridized carbons (Fsp3) is 0.458. The molecular weight excluding hydrogens is 394 g/mol. The number of anilines is 2. The van der Waals surface area contributed by atoms with Crippen LogP contribution in [0.25, 0.3) is 10.2 Å². The van der Waals surface area contributed by atoms with E-state index < -0.39 is 0 Å². The van der Waals surface area contributed by atoms with E-state index in [2.05, 4.69) is 22.2 Å². The molecule has 6 heteroatoms. The van der Waals surface area contributed by atoms with Crippen LogP contribution in [0.2, 0.25) is 0 Å². The van der Waals surface area contributed by atoms with Crippen molar-refractivity contribution < 1.29 is 9.53 Å². The maximum atomic E-state index is 12.4. The lowest BCUT2D eigenvalue weighted by molar-refractivity contribution is 0.0211. The second-order valence-electron chi connectivity index (χ2n) is 8.62. The van der Waals surface area contributed by atoms with Gasteiger partial charge in [0.2, 0.25) is 0 Å². The average molecular weight is 422 g/mol. The third-order valence-corrected chi connectivity index (χ3v) is 7.46. The van der Waals surface area contributed by atoms with Gasteiger partial charge in [-0.15, -0.1) is 11.3 Å². The third kappa shape index (κ3) is 3.93. The van der Waals surface area contributed by atoms with E-state index in [4.69, 9.17) is 4.74 Å². The van der Waals surface area contributed by atoms with Gasteiger partial charge in [-0.25, -0.2) is 14.8 Å². The Labute approximate surface area is 180 Å². The number of ether oxygens (including phenoxy) is 1. The standard InChI is InChI=1S/C24H27N3O2S/c1-15-7-12-19-20(13-15)30-23-21(19)22(25-14-26-23)27-17-10-8-16(9-11-17)24(28)29-18-5-3-2-4-6-18/h8-11,14-15,18H,2-7,12-13H2,1H3,(H,25,26,27)/t15-/m0/s1. The molecule has 5 rings (SSSR count). The number of nitrogens with one attached hydrogen (secondary N) is 1. The second-order valence-corrected chi connectivity index (χ2v) is 9.71. The Kier molecular flexibility index (Phi) is 5.42. The summed E-state index contributed by atoms with van der Waals surface area (Å²) in [7, 11) is 0. The quantitative estimate of drug-likeness (QED) is 0.520. The first-order chi connectivity index (χ1) is 14.7. The number of aryl methyl sites for hydroxylation is 1. The molecule has 2 heterocycles. The minimum absolute atomic E-state index is 0.0749. The Bertz CT molecular complexity index is 1050. The van der Waals surface area contributed by atoms with Crippen LogP contribution in [0.3, 0.4) is 0 Å². The van der Waals surface area contributed by atoms with Gasteiger partial charge in [0.15, 0.2) is 0 Å². The van der Waals surface area contributed by atoms with Gasteiger partial charge in [0.1, 0.15) is 23.1 Å². The second kappa shape index (κ2) is 8.34. The Morgan fingerprint density at radius 3 is 2.70 bits per heavy atom. The van der Waals surface area contributed by atoms with Crippen LogP contribution in [0, 0.1) is 5.92 Å². The highest BCUT2D eigenvalue weighted by Crippen LogP contribution is 2.40. The van der Waals surface area contributed by atoms with E-state index in [1.54, 1.807) is 17.7 Å². The van der Waals surface area contributed by atoms with Crippen molar-refractivity contribution in [3.8, 4) is 0 Å². The molecule has 1 aromatic carbocycles. The van der Waals surface area contributed by atoms with Crippen molar-refractivity contribution in [2.75, 3.05) is 5.32 Å². The number of rotatable bonds is 4. The maximum absolute atomic E-state index is 12.4. The molecule has 1 N–H and O–H groups in total. The monoisotopic (exact) mass is 421 g/mol. The topological polar surface area (TPSA) is 64.1 Å². The molecule has 2 aromatic heterocycles. The molecule has 5 nitrogen and oxygen atoms in total. The molecule has 1 atom stereocenters. The fourth-order valence-electron chi connectivity index (χ4n) is 4.60. The zero-order valence-electron chi connectivity index (χ0n) is 17.3. The van der Waals surface area contributed by atoms with Gasteiger partial charge in [-0.05, 0) is 80.7 Å². The van der Waals surface area contributed by atoms with Crippen LogP contribution in [-0.2, 0) is 17.6 Å². The first kappa shape index (κ1) is 19.5. The molecule has 2 aliphatic carbocycles. The zero-order chi connectivity index (χ0) is 20.5. The summed E-state index contributed by atoms with van der Waals surface area (Å²) >= 11 is 1.80. The van der Waals surface area contributed by atoms with Gasteiger partial charge in [-0.2, -0.15) is 0 Å². The number of thiophene rings is 1. The molecule has 0 radical (unpaired) electrons. The summed E-state index contributed by atoms with van der Waals surface area (Å²) in [6.07, 6.45) is 10.7. The summed E-state index contributed by atoms with van der Waals surface area (Å²) in [6.45, 7) is 2.32. The van der Waals surface area contributed by atoms with E-state index in [1.807, 2.05) is 24.3 Å². The molecule has 30 heavy (non-hydrogen) atoms. The van der Waals surface area contributed by atoms with Gasteiger partial charge in [0.25, 0.3) is 0 Å². The Hall–Kier alpha value is -2.47. The lowest BCUT2D eigenvalue weighted by Crippen LogP contribution is -2.20. The molecule has 1 fully saturated rings. The Morgan fingerprint density at radius 2 is 1.90 bits per heavy atom. The highest BCUT2D eigenvalue weighted by Gasteiger charge is 2.23. The molecule has 0 bridgehead atoms. The van der Waals surface area contributed by atoms with Crippen molar-refractivity contribution >= 4 is 39.0 Å². The number of benzene rings is 1. The van der Waals surface area contributed by atoms with E-state index in [0.29, 0.717) is 5.56 Å². The van der Waals surface area contributed by atoms with Gasteiger partial charge < -0.3 is 10.1 Å². The number of carbonyl (C=O) groups excluding carboxylic acids is 1. The van der Waals surface area contributed by atoms with E-state index >= 15 is 0 Å². The van der Waals surface area contributed by atoms with Crippen molar-refractivity contribution in [3.63, 3.8) is 0 Å². The summed E-state index contributed by atoms with van der Waals surface area (Å²) in [4.78, 5) is 24.0. The van der Waals surface area contributed by atoms with Crippen molar-refractivity contribution in [2.24, 2.45) is 5.92 Å². The average Bonchev–Trinajstić information content (AvgIpc) is 3.13. The molecule has 156 valence electrons. The molecule has 0 unspecified atom stereocenters. The number of nitrogens with zero attached hydrogens (tertiary/aromatic N) is 2. The van der Waals surface area contributed by atoms with Crippen LogP contribution < -0.4 is 5.32 Å². The summed E-state index contributed by atoms with van der Waals surface area (Å²) in [6, 6.07) is 7.51. The third-order valence-electron chi connectivity index (χ3n) is 6.30. The van der Waals surface area contributed by atoms with Crippen molar-refractivity contribution in [2.45, 2.75) is 64.4 Å². The smallest absolute Gasteiger partial charge is 0.338 e. The molecule has 1 saturated carbocycles. The number of aromatic nitrogens is 2. The molecule has 2 aliphatic rings. The lowest BCUT2D eigenvalue weighted by Gasteiger charge is -2.21. The number of carbonyl (C=O) groups is 1. The minimum Gasteiger partial charge on any atom is -0.459 e. The first-order valence-corrected chi connectivity index (χ1v) is 11.8. The van der Waals surface area contributed by atoms with Gasteiger partial charge >= 0.3 is 5.97 Å². The van der Waals surface area contributed by atoms with E-state index in [1.165, 1.54) is 23.3 Å². The molecule has 0 amide bonds. The van der Waals surface area contributed by atoms with Crippen LogP contribution >= 0.6 is 11.3 Å². The van der Waals surface area contributed by atoms with E-state index in [9.17, 15) is 4.79 Å². The largest absolute Gasteiger partial charge is 0.459 e. The summed E-state index contributed by atoms with van der Waals surface area (Å²) < 4.78 is 5.68. The van der Waals surface area contributed by atoms with Crippen LogP contribution in [0.4, 0.5) is 11.5 Å². The number of hydrogen-bond donors (Lipinski definition) is 1. The van der Waals surface area contributed by atoms with Crippen LogP contribution in [0.1, 0.15) is 66.2 Å². The highest BCUT2D eigenvalue weighted by atomic mass is 32.1. The molecule has 3 aromatic rings. The van der Waals surface area contributed by atoms with Crippen molar-refractivity contribution in [1.29, 1.82) is 0 Å². The van der Waals surface area contributed by atoms with Gasteiger partial charge in [-0.1, -0.05) is 13.3 Å². The van der Waals surface area contributed by atoms with Gasteiger partial charge in [0.05, 0.1) is 10.9 Å². The predicted molar refractivity (Wildman–Crippen MR) is 121 cm³/mol. The SMILES string of the molecule is C[C@H]1CCc2c(sc3ncnc(Nc4ccc(C(=O)OC5CCCCC5)cc4)c23)C1. The number of esters is 1. The zero-order valence-corrected chi connectivity index (χ0v) is 18.1. The van der Waals surface area contributed by atoms with Crippen molar-refractivity contribution in [1.82, 2.24) is 9.97 Å². The minimum atomic E-state index is -0.223. The van der Waals surface area contributed by atoms with Crippen molar-refractivity contribution in [3.05, 3.63) is 46.6 Å². The summed E-state index contributed by atoms with van der Waals surface area (Å²) in [5.74, 6) is 1.36. The molecule has 0 spiro atoms. The van der Waals surface area contributed by atoms with E-state index in [0.717, 1.165) is 66.2 Å². The van der Waals surface area contributed by atoms with E-state index in [-0.39, 0.29) is 12.1 Å². The van der Waals surface area contributed by atoms with Crippen LogP contribution in [0.5, 0.6) is 0 Å². The normalized spacial score (nSPS) is 19.4. The van der Waals surface area contributed by atoms with Gasteiger partial charge in [0, 0.05) is 10.6 Å². The van der Waals surface area contributed by atoms with Crippen LogP contribution in [0.15, 0.2) is 30.6 Å². The number of fused-ring (bicyclic) bond motifs is 3. The highest BCUT2D eigenvalue weighted by molar-refractivity contribution is 7.19. The Balaban J connectivity index is 1.34. The molecule has 0 aliphatic heterocycles. The number of hydrogen-bond acceptors (Lipinski definition) is 6. The van der Waals surface area contributed by atoms with Gasteiger partial charge in [-0.3, -0.25) is 0 Å². The molecule has 0 saturated heterocycles. The molecular formula is C24H27N3O2S. The predicted octanol–water partition coefficient (Wildman–Crippen LogP) is 6.05. The van der Waals surface area contributed by atoms with Crippen LogP contribution in [-0.4, -0.2) is 22.0 Å². The lowest BCUT2D eigenvalue weighted by atomic mass is 9.89.